The Morgan fingerprint density at radius 2 is 2.06 bits per heavy atom. The molecular formula is C13H27N3O. The summed E-state index contributed by atoms with van der Waals surface area (Å²) < 4.78 is 0. The minimum atomic E-state index is -0.170. The third-order valence-corrected chi connectivity index (χ3v) is 3.47. The fourth-order valence-corrected chi connectivity index (χ4v) is 2.12. The highest BCUT2D eigenvalue weighted by Gasteiger charge is 2.30. The summed E-state index contributed by atoms with van der Waals surface area (Å²) in [4.78, 5) is 14.2. The van der Waals surface area contributed by atoms with E-state index in [0.29, 0.717) is 5.92 Å². The lowest BCUT2D eigenvalue weighted by Crippen LogP contribution is -2.56. The van der Waals surface area contributed by atoms with Gasteiger partial charge in [-0.1, -0.05) is 6.92 Å². The van der Waals surface area contributed by atoms with E-state index in [-0.39, 0.29) is 23.5 Å². The number of nitrogens with two attached hydrogens (primary N) is 1. The highest BCUT2D eigenvalue weighted by molar-refractivity contribution is 5.81. The van der Waals surface area contributed by atoms with Gasteiger partial charge >= 0.3 is 0 Å². The molecule has 1 saturated heterocycles. The number of amides is 1. The van der Waals surface area contributed by atoms with E-state index in [2.05, 4.69) is 17.1 Å². The number of hydrogen-bond acceptors (Lipinski definition) is 3. The zero-order valence-electron chi connectivity index (χ0n) is 11.8. The molecule has 3 atom stereocenters. The van der Waals surface area contributed by atoms with Crippen molar-refractivity contribution < 1.29 is 4.79 Å². The van der Waals surface area contributed by atoms with Gasteiger partial charge in [0.15, 0.2) is 0 Å². The van der Waals surface area contributed by atoms with E-state index in [4.69, 9.17) is 5.73 Å². The van der Waals surface area contributed by atoms with Crippen LogP contribution in [-0.4, -0.2) is 41.5 Å². The standard InChI is InChI=1S/C13H27N3O/c1-9-6-7-16(8-11(9)14)10(2)12(17)15-13(3,4)5/h9-11H,6-8,14H2,1-5H3,(H,15,17). The predicted molar refractivity (Wildman–Crippen MR) is 70.7 cm³/mol. The topological polar surface area (TPSA) is 58.4 Å². The van der Waals surface area contributed by atoms with Gasteiger partial charge in [0.2, 0.25) is 5.91 Å². The van der Waals surface area contributed by atoms with Crippen molar-refractivity contribution in [3.8, 4) is 0 Å². The Kier molecular flexibility index (Phi) is 4.55. The highest BCUT2D eigenvalue weighted by atomic mass is 16.2. The maximum absolute atomic E-state index is 12.1. The molecule has 1 rings (SSSR count). The maximum Gasteiger partial charge on any atom is 0.237 e. The average Bonchev–Trinajstić information content (AvgIpc) is 2.18. The van der Waals surface area contributed by atoms with Crippen LogP contribution in [-0.2, 0) is 4.79 Å². The smallest absolute Gasteiger partial charge is 0.237 e. The van der Waals surface area contributed by atoms with Crippen LogP contribution in [0.2, 0.25) is 0 Å². The molecule has 1 aliphatic rings. The van der Waals surface area contributed by atoms with E-state index >= 15 is 0 Å². The van der Waals surface area contributed by atoms with Crippen LogP contribution in [0.3, 0.4) is 0 Å². The molecule has 1 fully saturated rings. The first-order valence-corrected chi connectivity index (χ1v) is 6.52. The summed E-state index contributed by atoms with van der Waals surface area (Å²) in [5, 5.41) is 3.02. The Bertz CT molecular complexity index is 272. The molecule has 0 saturated carbocycles. The number of likely N-dealkylation sites (tertiary alicyclic amines) is 1. The molecule has 4 nitrogen and oxygen atoms in total. The van der Waals surface area contributed by atoms with Gasteiger partial charge in [-0.15, -0.1) is 0 Å². The second kappa shape index (κ2) is 5.36. The Balaban J connectivity index is 2.53. The van der Waals surface area contributed by atoms with Gasteiger partial charge in [-0.25, -0.2) is 0 Å². The second-order valence-electron chi connectivity index (χ2n) is 6.34. The van der Waals surface area contributed by atoms with E-state index in [1.165, 1.54) is 0 Å². The van der Waals surface area contributed by atoms with Crippen molar-refractivity contribution in [2.45, 2.75) is 58.7 Å². The summed E-state index contributed by atoms with van der Waals surface area (Å²) in [5.74, 6) is 0.656. The van der Waals surface area contributed by atoms with Crippen LogP contribution >= 0.6 is 0 Å². The molecule has 0 spiro atoms. The number of rotatable bonds is 2. The van der Waals surface area contributed by atoms with Crippen molar-refractivity contribution in [1.82, 2.24) is 10.2 Å². The molecule has 0 aromatic rings. The number of nitrogens with zero attached hydrogens (tertiary/aromatic N) is 1. The average molecular weight is 241 g/mol. The van der Waals surface area contributed by atoms with Crippen LogP contribution in [0.15, 0.2) is 0 Å². The first-order valence-electron chi connectivity index (χ1n) is 6.52. The minimum Gasteiger partial charge on any atom is -0.350 e. The molecule has 0 aromatic carbocycles. The van der Waals surface area contributed by atoms with Crippen LogP contribution in [0.1, 0.15) is 41.0 Å². The van der Waals surface area contributed by atoms with E-state index in [1.807, 2.05) is 27.7 Å². The fraction of sp³-hybridized carbons (Fsp3) is 0.923. The Morgan fingerprint density at radius 3 is 2.53 bits per heavy atom. The molecule has 0 aromatic heterocycles. The van der Waals surface area contributed by atoms with Gasteiger partial charge in [0, 0.05) is 18.1 Å². The lowest BCUT2D eigenvalue weighted by atomic mass is 9.93. The SMILES string of the molecule is CC1CCN(C(C)C(=O)NC(C)(C)C)CC1N. The maximum atomic E-state index is 12.1. The van der Waals surface area contributed by atoms with Crippen LogP contribution in [0, 0.1) is 5.92 Å². The van der Waals surface area contributed by atoms with E-state index in [1.54, 1.807) is 0 Å². The third-order valence-electron chi connectivity index (χ3n) is 3.47. The number of nitrogens with one attached hydrogen (secondary N) is 1. The molecule has 3 unspecified atom stereocenters. The Labute approximate surface area is 105 Å². The number of piperidine rings is 1. The van der Waals surface area contributed by atoms with Crippen LogP contribution in [0.5, 0.6) is 0 Å². The summed E-state index contributed by atoms with van der Waals surface area (Å²) in [6.07, 6.45) is 1.08. The third kappa shape index (κ3) is 4.28. The molecule has 17 heavy (non-hydrogen) atoms. The number of carbonyl (C=O) groups is 1. The number of hydrogen-bond donors (Lipinski definition) is 2. The molecule has 1 heterocycles. The lowest BCUT2D eigenvalue weighted by molar-refractivity contribution is -0.128. The van der Waals surface area contributed by atoms with Gasteiger partial charge in [-0.05, 0) is 46.6 Å². The normalized spacial score (nSPS) is 28.8. The van der Waals surface area contributed by atoms with E-state index in [9.17, 15) is 4.79 Å². The molecule has 4 heteroatoms. The molecule has 100 valence electrons. The Hall–Kier alpha value is -0.610. The zero-order valence-corrected chi connectivity index (χ0v) is 11.8. The van der Waals surface area contributed by atoms with Crippen LogP contribution < -0.4 is 11.1 Å². The van der Waals surface area contributed by atoms with Gasteiger partial charge in [-0.2, -0.15) is 0 Å². The zero-order chi connectivity index (χ0) is 13.2. The summed E-state index contributed by atoms with van der Waals surface area (Å²) in [6, 6.07) is 0.0985. The van der Waals surface area contributed by atoms with Crippen LogP contribution in [0.4, 0.5) is 0 Å². The first-order chi connectivity index (χ1) is 7.70. The first kappa shape index (κ1) is 14.5. The molecule has 0 aliphatic carbocycles. The summed E-state index contributed by atoms with van der Waals surface area (Å²) >= 11 is 0. The van der Waals surface area contributed by atoms with Crippen molar-refractivity contribution in [1.29, 1.82) is 0 Å². The van der Waals surface area contributed by atoms with Crippen LogP contribution in [0.25, 0.3) is 0 Å². The Morgan fingerprint density at radius 1 is 1.47 bits per heavy atom. The van der Waals surface area contributed by atoms with Gasteiger partial charge in [0.05, 0.1) is 6.04 Å². The number of carbonyl (C=O) groups excluding carboxylic acids is 1. The molecule has 0 radical (unpaired) electrons. The van der Waals surface area contributed by atoms with Crippen molar-refractivity contribution in [3.63, 3.8) is 0 Å². The molecule has 3 N–H and O–H groups in total. The van der Waals surface area contributed by atoms with Gasteiger partial charge in [0.25, 0.3) is 0 Å². The van der Waals surface area contributed by atoms with Crippen molar-refractivity contribution >= 4 is 5.91 Å². The van der Waals surface area contributed by atoms with Gasteiger partial charge < -0.3 is 11.1 Å². The van der Waals surface area contributed by atoms with E-state index < -0.39 is 0 Å². The van der Waals surface area contributed by atoms with Gasteiger partial charge in [0.1, 0.15) is 0 Å². The van der Waals surface area contributed by atoms with Gasteiger partial charge in [-0.3, -0.25) is 9.69 Å². The summed E-state index contributed by atoms with van der Waals surface area (Å²) in [5.41, 5.74) is 5.89. The van der Waals surface area contributed by atoms with Crippen molar-refractivity contribution in [2.75, 3.05) is 13.1 Å². The monoisotopic (exact) mass is 241 g/mol. The largest absolute Gasteiger partial charge is 0.350 e. The minimum absolute atomic E-state index is 0.0900. The second-order valence-corrected chi connectivity index (χ2v) is 6.34. The fourth-order valence-electron chi connectivity index (χ4n) is 2.12. The highest BCUT2D eigenvalue weighted by Crippen LogP contribution is 2.17. The summed E-state index contributed by atoms with van der Waals surface area (Å²) in [7, 11) is 0. The van der Waals surface area contributed by atoms with Crippen molar-refractivity contribution in [2.24, 2.45) is 11.7 Å². The predicted octanol–water partition coefficient (Wildman–Crippen LogP) is 0.959. The lowest BCUT2D eigenvalue weighted by Gasteiger charge is -2.38. The summed E-state index contributed by atoms with van der Waals surface area (Å²) in [6.45, 7) is 11.9. The molecule has 0 bridgehead atoms. The van der Waals surface area contributed by atoms with Crippen molar-refractivity contribution in [3.05, 3.63) is 0 Å². The molecular weight excluding hydrogens is 214 g/mol. The quantitative estimate of drug-likeness (QED) is 0.757. The molecule has 1 amide bonds. The molecule has 1 aliphatic heterocycles. The van der Waals surface area contributed by atoms with E-state index in [0.717, 1.165) is 19.5 Å².